The first-order valence-electron chi connectivity index (χ1n) is 17.8. The molecule has 246 valence electrons. The van der Waals surface area contributed by atoms with E-state index in [4.69, 9.17) is 4.98 Å². The van der Waals surface area contributed by atoms with Crippen molar-refractivity contribution in [1.29, 1.82) is 5.26 Å². The summed E-state index contributed by atoms with van der Waals surface area (Å²) in [6, 6.07) is 62.2. The number of hydrogen-bond acceptors (Lipinski definition) is 2. The molecule has 5 heteroatoms. The van der Waals surface area contributed by atoms with Gasteiger partial charge < -0.3 is 9.13 Å². The van der Waals surface area contributed by atoms with Gasteiger partial charge in [-0.15, -0.1) is 0 Å². The molecule has 11 aromatic rings. The van der Waals surface area contributed by atoms with Gasteiger partial charge in [-0.25, -0.2) is 4.98 Å². The highest BCUT2D eigenvalue weighted by Gasteiger charge is 2.20. The maximum atomic E-state index is 10.3. The highest BCUT2D eigenvalue weighted by molar-refractivity contribution is 6.18. The zero-order valence-corrected chi connectivity index (χ0v) is 28.5. The Kier molecular flexibility index (Phi) is 6.25. The molecule has 4 heterocycles. The smallest absolute Gasteiger partial charge is 0.145 e. The van der Waals surface area contributed by atoms with Crippen LogP contribution < -0.4 is 0 Å². The second kappa shape index (κ2) is 11.3. The summed E-state index contributed by atoms with van der Waals surface area (Å²) in [6.45, 7) is 0. The lowest BCUT2D eigenvalue weighted by atomic mass is 10.0. The lowest BCUT2D eigenvalue weighted by molar-refractivity contribution is 1.13. The minimum atomic E-state index is 0.611. The molecule has 0 N–H and O–H groups in total. The van der Waals surface area contributed by atoms with Crippen LogP contribution in [0.15, 0.2) is 176 Å². The molecule has 0 saturated carbocycles. The van der Waals surface area contributed by atoms with E-state index in [-0.39, 0.29) is 0 Å². The lowest BCUT2D eigenvalue weighted by Gasteiger charge is -2.13. The van der Waals surface area contributed by atoms with E-state index in [1.165, 1.54) is 27.1 Å². The van der Waals surface area contributed by atoms with Gasteiger partial charge in [-0.1, -0.05) is 84.9 Å². The van der Waals surface area contributed by atoms with E-state index in [0.29, 0.717) is 5.56 Å². The van der Waals surface area contributed by atoms with Crippen LogP contribution in [-0.2, 0) is 0 Å². The van der Waals surface area contributed by atoms with Gasteiger partial charge in [0.15, 0.2) is 0 Å². The van der Waals surface area contributed by atoms with Gasteiger partial charge in [0.05, 0.1) is 39.2 Å². The Bertz CT molecular complexity index is 3250. The normalized spacial score (nSPS) is 11.8. The fourth-order valence-corrected chi connectivity index (χ4v) is 8.42. The van der Waals surface area contributed by atoms with Crippen LogP contribution in [0, 0.1) is 11.3 Å². The van der Waals surface area contributed by atoms with E-state index in [2.05, 4.69) is 171 Å². The van der Waals surface area contributed by atoms with Crippen molar-refractivity contribution in [1.82, 2.24) is 18.7 Å². The van der Waals surface area contributed by atoms with Gasteiger partial charge in [-0.2, -0.15) is 5.26 Å². The summed E-state index contributed by atoms with van der Waals surface area (Å²) < 4.78 is 6.91. The molecular weight excluding hydrogens is 647 g/mol. The van der Waals surface area contributed by atoms with Crippen LogP contribution >= 0.6 is 0 Å². The zero-order chi connectivity index (χ0) is 35.0. The summed E-state index contributed by atoms with van der Waals surface area (Å²) in [5.41, 5.74) is 12.2. The summed E-state index contributed by atoms with van der Waals surface area (Å²) in [7, 11) is 0. The first kappa shape index (κ1) is 29.3. The average Bonchev–Trinajstić information content (AvgIpc) is 3.85. The summed E-state index contributed by atoms with van der Waals surface area (Å²) in [5, 5.41) is 17.3. The van der Waals surface area contributed by atoms with Gasteiger partial charge in [-0.3, -0.25) is 4.57 Å². The molecule has 0 aliphatic carbocycles. The van der Waals surface area contributed by atoms with Crippen molar-refractivity contribution >= 4 is 65.5 Å². The molecule has 0 unspecified atom stereocenters. The highest BCUT2D eigenvalue weighted by Crippen LogP contribution is 2.40. The van der Waals surface area contributed by atoms with Crippen molar-refractivity contribution in [2.24, 2.45) is 0 Å². The van der Waals surface area contributed by atoms with Crippen LogP contribution in [0.4, 0.5) is 0 Å². The number of benzene rings is 7. The third kappa shape index (κ3) is 4.33. The van der Waals surface area contributed by atoms with E-state index in [9.17, 15) is 5.26 Å². The number of rotatable bonds is 4. The van der Waals surface area contributed by atoms with E-state index < -0.39 is 0 Å². The Morgan fingerprint density at radius 1 is 0.377 bits per heavy atom. The minimum absolute atomic E-state index is 0.611. The third-order valence-corrected chi connectivity index (χ3v) is 10.7. The summed E-state index contributed by atoms with van der Waals surface area (Å²) in [4.78, 5) is 4.96. The summed E-state index contributed by atoms with van der Waals surface area (Å²) in [6.07, 6.45) is 1.87. The van der Waals surface area contributed by atoms with Gasteiger partial charge in [0, 0.05) is 55.6 Å². The van der Waals surface area contributed by atoms with Crippen molar-refractivity contribution in [3.05, 3.63) is 182 Å². The molecule has 7 aromatic carbocycles. The first-order valence-corrected chi connectivity index (χ1v) is 17.8. The molecule has 0 atom stereocenters. The number of nitrogens with zero attached hydrogens (tertiary/aromatic N) is 5. The molecule has 0 radical (unpaired) electrons. The van der Waals surface area contributed by atoms with Gasteiger partial charge in [-0.05, 0) is 96.1 Å². The first-order chi connectivity index (χ1) is 26.2. The topological polar surface area (TPSA) is 51.5 Å². The molecule has 53 heavy (non-hydrogen) atoms. The summed E-state index contributed by atoms with van der Waals surface area (Å²) >= 11 is 0. The SMILES string of the molecule is N#Cc1cc(-c2cccc(-n3c4cc5c(cc4c4cccnc43)c3ccccc3n5-c3ccccc3)c2)cc(-n2c3ccccc3c3ccccc32)c1. The number of hydrogen-bond donors (Lipinski definition) is 0. The average molecular weight is 676 g/mol. The van der Waals surface area contributed by atoms with Crippen LogP contribution in [0.1, 0.15) is 5.56 Å². The Labute approximate surface area is 304 Å². The monoisotopic (exact) mass is 675 g/mol. The quantitative estimate of drug-likeness (QED) is 0.186. The van der Waals surface area contributed by atoms with Crippen LogP contribution in [0.5, 0.6) is 0 Å². The Morgan fingerprint density at radius 3 is 1.66 bits per heavy atom. The van der Waals surface area contributed by atoms with Gasteiger partial charge in [0.25, 0.3) is 0 Å². The number of nitriles is 1. The maximum absolute atomic E-state index is 10.3. The molecule has 4 aromatic heterocycles. The number of para-hydroxylation sites is 4. The number of pyridine rings is 1. The fraction of sp³-hybridized carbons (Fsp3) is 0. The van der Waals surface area contributed by atoms with E-state index >= 15 is 0 Å². The maximum Gasteiger partial charge on any atom is 0.145 e. The molecular formula is C48H29N5. The van der Waals surface area contributed by atoms with E-state index in [1.54, 1.807) is 0 Å². The molecule has 0 bridgehead atoms. The highest BCUT2D eigenvalue weighted by atomic mass is 15.1. The molecule has 0 aliphatic heterocycles. The standard InChI is InChI=1S/C48H29N5/c49-30-31-24-33(27-36(25-31)52-43-20-7-4-16-37(43)38-17-5-8-21-44(38)52)32-12-10-15-35(26-32)53-47-29-46-41(28-42(47)40-19-11-23-50-48(40)53)39-18-6-9-22-45(39)51(46)34-13-2-1-3-14-34/h1-29H. The Balaban J connectivity index is 1.15. The second-order valence-electron chi connectivity index (χ2n) is 13.6. The van der Waals surface area contributed by atoms with Crippen LogP contribution in [0.2, 0.25) is 0 Å². The lowest BCUT2D eigenvalue weighted by Crippen LogP contribution is -1.98. The van der Waals surface area contributed by atoms with Crippen LogP contribution in [0.25, 0.3) is 93.7 Å². The molecule has 0 aliphatic rings. The summed E-state index contributed by atoms with van der Waals surface area (Å²) in [5.74, 6) is 0. The van der Waals surface area contributed by atoms with Crippen molar-refractivity contribution in [2.75, 3.05) is 0 Å². The minimum Gasteiger partial charge on any atom is -0.309 e. The molecule has 5 nitrogen and oxygen atoms in total. The second-order valence-corrected chi connectivity index (χ2v) is 13.6. The zero-order valence-electron chi connectivity index (χ0n) is 28.5. The predicted molar refractivity (Wildman–Crippen MR) is 217 cm³/mol. The fourth-order valence-electron chi connectivity index (χ4n) is 8.42. The van der Waals surface area contributed by atoms with Gasteiger partial charge in [0.2, 0.25) is 0 Å². The van der Waals surface area contributed by atoms with Crippen molar-refractivity contribution in [3.8, 4) is 34.3 Å². The van der Waals surface area contributed by atoms with Gasteiger partial charge in [0.1, 0.15) is 5.65 Å². The van der Waals surface area contributed by atoms with Crippen molar-refractivity contribution < 1.29 is 0 Å². The predicted octanol–water partition coefficient (Wildman–Crippen LogP) is 11.9. The number of fused-ring (bicyclic) bond motifs is 9. The Morgan fingerprint density at radius 2 is 0.943 bits per heavy atom. The van der Waals surface area contributed by atoms with E-state index in [0.717, 1.165) is 66.7 Å². The molecule has 0 saturated heterocycles. The Hall–Kier alpha value is -7.42. The molecule has 0 amide bonds. The van der Waals surface area contributed by atoms with Crippen LogP contribution in [0.3, 0.4) is 0 Å². The molecule has 0 spiro atoms. The number of aromatic nitrogens is 4. The largest absolute Gasteiger partial charge is 0.309 e. The molecule has 11 rings (SSSR count). The van der Waals surface area contributed by atoms with E-state index in [1.807, 2.05) is 24.4 Å². The van der Waals surface area contributed by atoms with Gasteiger partial charge >= 0.3 is 0 Å². The van der Waals surface area contributed by atoms with Crippen molar-refractivity contribution in [2.45, 2.75) is 0 Å². The van der Waals surface area contributed by atoms with Crippen LogP contribution in [-0.4, -0.2) is 18.7 Å². The third-order valence-electron chi connectivity index (χ3n) is 10.7. The van der Waals surface area contributed by atoms with Crippen molar-refractivity contribution in [3.63, 3.8) is 0 Å². The molecule has 0 fully saturated rings.